The molecule has 0 aliphatic heterocycles. The van der Waals surface area contributed by atoms with Gasteiger partial charge in [-0.05, 0) is 37.3 Å². The Hall–Kier alpha value is -2.38. The molecule has 0 bridgehead atoms. The molecule has 0 unspecified atom stereocenters. The van der Waals surface area contributed by atoms with Gasteiger partial charge in [-0.25, -0.2) is 4.98 Å². The second kappa shape index (κ2) is 5.55. The van der Waals surface area contributed by atoms with Crippen LogP contribution in [0.4, 0.5) is 0 Å². The van der Waals surface area contributed by atoms with Crippen LogP contribution in [0.15, 0.2) is 53.0 Å². The average molecular weight is 339 g/mol. The van der Waals surface area contributed by atoms with E-state index in [0.717, 1.165) is 21.1 Å². The first-order valence-electron chi connectivity index (χ1n) is 6.41. The second-order valence-corrected chi connectivity index (χ2v) is 5.55. The van der Waals surface area contributed by atoms with Crippen molar-refractivity contribution in [2.24, 2.45) is 0 Å². The maximum Gasteiger partial charge on any atom is 0.153 e. The standard InChI is InChI=1S/C17H11BrN2O/c1-11-5-6-12-3-2-4-16(17(12)20-11)21-15-8-7-14(18)9-13(15)10-19/h2-9H,1H3. The van der Waals surface area contributed by atoms with Crippen LogP contribution >= 0.6 is 15.9 Å². The molecule has 21 heavy (non-hydrogen) atoms. The van der Waals surface area contributed by atoms with Crippen molar-refractivity contribution in [1.82, 2.24) is 4.98 Å². The van der Waals surface area contributed by atoms with Crippen LogP contribution in [0.2, 0.25) is 0 Å². The quantitative estimate of drug-likeness (QED) is 0.662. The molecule has 3 rings (SSSR count). The first-order valence-corrected chi connectivity index (χ1v) is 7.20. The van der Waals surface area contributed by atoms with Crippen LogP contribution in [-0.2, 0) is 0 Å². The Balaban J connectivity index is 2.11. The highest BCUT2D eigenvalue weighted by Crippen LogP contribution is 2.31. The fraction of sp³-hybridized carbons (Fsp3) is 0.0588. The van der Waals surface area contributed by atoms with Gasteiger partial charge in [-0.3, -0.25) is 0 Å². The molecule has 0 aliphatic carbocycles. The van der Waals surface area contributed by atoms with Crippen molar-refractivity contribution in [2.45, 2.75) is 6.92 Å². The number of halogens is 1. The lowest BCUT2D eigenvalue weighted by Gasteiger charge is -2.10. The van der Waals surface area contributed by atoms with Crippen molar-refractivity contribution in [3.8, 4) is 17.6 Å². The van der Waals surface area contributed by atoms with Gasteiger partial charge < -0.3 is 4.74 Å². The Bertz CT molecular complexity index is 868. The Labute approximate surface area is 130 Å². The van der Waals surface area contributed by atoms with Gasteiger partial charge in [-0.15, -0.1) is 0 Å². The highest BCUT2D eigenvalue weighted by atomic mass is 79.9. The van der Waals surface area contributed by atoms with Crippen LogP contribution in [-0.4, -0.2) is 4.98 Å². The summed E-state index contributed by atoms with van der Waals surface area (Å²) in [6.07, 6.45) is 0. The van der Waals surface area contributed by atoms with Crippen LogP contribution in [0.25, 0.3) is 10.9 Å². The summed E-state index contributed by atoms with van der Waals surface area (Å²) in [6, 6.07) is 17.2. The van der Waals surface area contributed by atoms with Crippen molar-refractivity contribution in [1.29, 1.82) is 5.26 Å². The van der Waals surface area contributed by atoms with Gasteiger partial charge >= 0.3 is 0 Å². The molecule has 102 valence electrons. The van der Waals surface area contributed by atoms with E-state index >= 15 is 0 Å². The number of aryl methyl sites for hydroxylation is 1. The van der Waals surface area contributed by atoms with Gasteiger partial charge in [0, 0.05) is 15.6 Å². The normalized spacial score (nSPS) is 10.3. The van der Waals surface area contributed by atoms with Crippen molar-refractivity contribution >= 4 is 26.8 Å². The molecular weight excluding hydrogens is 328 g/mol. The third-order valence-corrected chi connectivity index (χ3v) is 3.60. The lowest BCUT2D eigenvalue weighted by atomic mass is 10.2. The third-order valence-electron chi connectivity index (χ3n) is 3.10. The highest BCUT2D eigenvalue weighted by molar-refractivity contribution is 9.10. The van der Waals surface area contributed by atoms with E-state index in [1.807, 2.05) is 43.3 Å². The van der Waals surface area contributed by atoms with Gasteiger partial charge in [0.05, 0.1) is 5.56 Å². The fourth-order valence-corrected chi connectivity index (χ4v) is 2.46. The second-order valence-electron chi connectivity index (χ2n) is 4.63. The number of rotatable bonds is 2. The minimum atomic E-state index is 0.481. The Morgan fingerprint density at radius 2 is 1.95 bits per heavy atom. The van der Waals surface area contributed by atoms with Gasteiger partial charge in [-0.2, -0.15) is 5.26 Å². The largest absolute Gasteiger partial charge is 0.454 e. The summed E-state index contributed by atoms with van der Waals surface area (Å²) in [7, 11) is 0. The number of nitriles is 1. The number of para-hydroxylation sites is 1. The zero-order valence-corrected chi connectivity index (χ0v) is 12.9. The number of aromatic nitrogens is 1. The van der Waals surface area contributed by atoms with Crippen molar-refractivity contribution in [3.63, 3.8) is 0 Å². The van der Waals surface area contributed by atoms with Gasteiger partial charge in [0.25, 0.3) is 0 Å². The van der Waals surface area contributed by atoms with Gasteiger partial charge in [0.2, 0.25) is 0 Å². The summed E-state index contributed by atoms with van der Waals surface area (Å²) in [6.45, 7) is 1.94. The maximum atomic E-state index is 9.21. The molecule has 1 heterocycles. The van der Waals surface area contributed by atoms with E-state index in [-0.39, 0.29) is 0 Å². The number of nitrogens with zero attached hydrogens (tertiary/aromatic N) is 2. The molecule has 0 radical (unpaired) electrons. The SMILES string of the molecule is Cc1ccc2cccc(Oc3ccc(Br)cc3C#N)c2n1. The summed E-state index contributed by atoms with van der Waals surface area (Å²) in [5, 5.41) is 10.2. The van der Waals surface area contributed by atoms with E-state index in [1.165, 1.54) is 0 Å². The van der Waals surface area contributed by atoms with Gasteiger partial charge in [-0.1, -0.05) is 34.1 Å². The van der Waals surface area contributed by atoms with Crippen molar-refractivity contribution in [2.75, 3.05) is 0 Å². The molecule has 0 spiro atoms. The van der Waals surface area contributed by atoms with E-state index in [2.05, 4.69) is 27.0 Å². The Kier molecular flexibility index (Phi) is 3.59. The lowest BCUT2D eigenvalue weighted by Crippen LogP contribution is -1.92. The highest BCUT2D eigenvalue weighted by Gasteiger charge is 2.09. The maximum absolute atomic E-state index is 9.21. The monoisotopic (exact) mass is 338 g/mol. The smallest absolute Gasteiger partial charge is 0.153 e. The topological polar surface area (TPSA) is 45.9 Å². The molecular formula is C17H11BrN2O. The number of hydrogen-bond acceptors (Lipinski definition) is 3. The van der Waals surface area contributed by atoms with Gasteiger partial charge in [0.1, 0.15) is 17.3 Å². The summed E-state index contributed by atoms with van der Waals surface area (Å²) in [5.41, 5.74) is 2.20. The number of pyridine rings is 1. The predicted octanol–water partition coefficient (Wildman–Crippen LogP) is 4.97. The van der Waals surface area contributed by atoms with Crippen LogP contribution in [0.5, 0.6) is 11.5 Å². The molecule has 0 atom stereocenters. The molecule has 3 nitrogen and oxygen atoms in total. The number of ether oxygens (including phenoxy) is 1. The minimum Gasteiger partial charge on any atom is -0.454 e. The Morgan fingerprint density at radius 3 is 2.76 bits per heavy atom. The first-order chi connectivity index (χ1) is 10.2. The molecule has 0 aliphatic rings. The summed E-state index contributed by atoms with van der Waals surface area (Å²) in [5.74, 6) is 1.17. The summed E-state index contributed by atoms with van der Waals surface area (Å²) >= 11 is 3.35. The molecule has 0 N–H and O–H groups in total. The van der Waals surface area contributed by atoms with E-state index in [0.29, 0.717) is 17.1 Å². The number of fused-ring (bicyclic) bond motifs is 1. The molecule has 2 aromatic carbocycles. The zero-order chi connectivity index (χ0) is 14.8. The predicted molar refractivity (Wildman–Crippen MR) is 85.4 cm³/mol. The lowest BCUT2D eigenvalue weighted by molar-refractivity contribution is 0.485. The Morgan fingerprint density at radius 1 is 1.10 bits per heavy atom. The van der Waals surface area contributed by atoms with E-state index in [4.69, 9.17) is 4.74 Å². The summed E-state index contributed by atoms with van der Waals surface area (Å²) < 4.78 is 6.76. The van der Waals surface area contributed by atoms with Crippen LogP contribution < -0.4 is 4.74 Å². The van der Waals surface area contributed by atoms with E-state index < -0.39 is 0 Å². The molecule has 0 saturated carbocycles. The molecule has 1 aromatic heterocycles. The van der Waals surface area contributed by atoms with Crippen molar-refractivity contribution in [3.05, 3.63) is 64.3 Å². The number of hydrogen-bond donors (Lipinski definition) is 0. The van der Waals surface area contributed by atoms with Crippen molar-refractivity contribution < 1.29 is 4.74 Å². The first kappa shape index (κ1) is 13.6. The number of benzene rings is 2. The minimum absolute atomic E-state index is 0.481. The molecule has 3 aromatic rings. The molecule has 0 amide bonds. The summed E-state index contributed by atoms with van der Waals surface area (Å²) in [4.78, 5) is 4.53. The van der Waals surface area contributed by atoms with E-state index in [9.17, 15) is 5.26 Å². The van der Waals surface area contributed by atoms with Crippen LogP contribution in [0.1, 0.15) is 11.3 Å². The molecule has 0 fully saturated rings. The van der Waals surface area contributed by atoms with Crippen LogP contribution in [0.3, 0.4) is 0 Å². The van der Waals surface area contributed by atoms with Gasteiger partial charge in [0.15, 0.2) is 5.75 Å². The average Bonchev–Trinajstić information content (AvgIpc) is 2.49. The molecule has 4 heteroatoms. The fourth-order valence-electron chi connectivity index (χ4n) is 2.10. The zero-order valence-electron chi connectivity index (χ0n) is 11.3. The van der Waals surface area contributed by atoms with E-state index in [1.54, 1.807) is 12.1 Å². The molecule has 0 saturated heterocycles. The van der Waals surface area contributed by atoms with Crippen LogP contribution in [0, 0.1) is 18.3 Å². The third kappa shape index (κ3) is 2.74.